The molecule has 0 atom stereocenters. The molecule has 1 fully saturated rings. The maximum atomic E-state index is 5.95. The topological polar surface area (TPSA) is 69.8 Å². The van der Waals surface area contributed by atoms with Crippen LogP contribution in [0.2, 0.25) is 0 Å². The lowest BCUT2D eigenvalue weighted by Gasteiger charge is -2.34. The van der Waals surface area contributed by atoms with Gasteiger partial charge in [0, 0.05) is 44.5 Å². The van der Waals surface area contributed by atoms with Crippen molar-refractivity contribution < 1.29 is 0 Å². The lowest BCUT2D eigenvalue weighted by Crippen LogP contribution is -2.45. The van der Waals surface area contributed by atoms with Crippen molar-refractivity contribution >= 4 is 11.8 Å². The minimum absolute atomic E-state index is 0.513. The van der Waals surface area contributed by atoms with Crippen molar-refractivity contribution in [3.63, 3.8) is 0 Å². The zero-order chi connectivity index (χ0) is 16.7. The second-order valence-corrected chi connectivity index (χ2v) is 6.59. The Bertz CT molecular complexity index is 506. The number of aliphatic imine (C=N–C) groups is 1. The summed E-state index contributed by atoms with van der Waals surface area (Å²) >= 11 is 0. The number of hydrogen-bond donors (Lipinski definition) is 2. The maximum Gasteiger partial charge on any atom is 0.188 e. The second-order valence-electron chi connectivity index (χ2n) is 6.59. The van der Waals surface area contributed by atoms with E-state index in [9.17, 15) is 0 Å². The highest BCUT2D eigenvalue weighted by Gasteiger charge is 2.17. The molecule has 0 radical (unpaired) electrons. The van der Waals surface area contributed by atoms with E-state index in [1.165, 1.54) is 0 Å². The van der Waals surface area contributed by atoms with Crippen LogP contribution in [0.5, 0.6) is 0 Å². The molecule has 1 aliphatic heterocycles. The molecule has 0 saturated carbocycles. The number of piperazine rings is 1. The van der Waals surface area contributed by atoms with Gasteiger partial charge in [-0.2, -0.15) is 0 Å². The molecule has 0 aliphatic carbocycles. The summed E-state index contributed by atoms with van der Waals surface area (Å²) in [4.78, 5) is 13.7. The molecule has 6 heteroatoms. The molecule has 0 spiro atoms. The summed E-state index contributed by atoms with van der Waals surface area (Å²) in [5.74, 6) is 2.22. The van der Waals surface area contributed by atoms with E-state index in [0.717, 1.165) is 50.5 Å². The van der Waals surface area contributed by atoms with Gasteiger partial charge in [0.1, 0.15) is 5.82 Å². The molecule has 1 aromatic heterocycles. The number of hydrogen-bond acceptors (Lipinski definition) is 4. The quantitative estimate of drug-likeness (QED) is 0.611. The molecule has 0 amide bonds. The Hall–Kier alpha value is -1.82. The van der Waals surface area contributed by atoms with Crippen molar-refractivity contribution in [3.8, 4) is 0 Å². The molecule has 128 valence electrons. The zero-order valence-corrected chi connectivity index (χ0v) is 14.6. The number of pyridine rings is 1. The lowest BCUT2D eigenvalue weighted by atomic mass is 10.1. The number of nitrogens with two attached hydrogens (primary N) is 1. The number of nitrogens with zero attached hydrogens (tertiary/aromatic N) is 4. The van der Waals surface area contributed by atoms with Gasteiger partial charge in [0.15, 0.2) is 5.96 Å². The van der Waals surface area contributed by atoms with Crippen LogP contribution in [0.25, 0.3) is 0 Å². The van der Waals surface area contributed by atoms with E-state index >= 15 is 0 Å². The number of rotatable bonds is 6. The Balaban J connectivity index is 1.94. The van der Waals surface area contributed by atoms with Crippen LogP contribution in [0.15, 0.2) is 23.3 Å². The van der Waals surface area contributed by atoms with Crippen molar-refractivity contribution in [2.75, 3.05) is 44.7 Å². The van der Waals surface area contributed by atoms with Crippen LogP contribution >= 0.6 is 0 Å². The molecule has 3 N–H and O–H groups in total. The van der Waals surface area contributed by atoms with Crippen LogP contribution in [0.1, 0.15) is 25.8 Å². The SMILES string of the molecule is CC(C)CCNC(N)=NCc1cccnc1N1CCN(C)CC1. The standard InChI is InChI=1S/C17H30N6/c1-14(2)6-8-20-17(18)21-13-15-5-4-7-19-16(15)23-11-9-22(3)10-12-23/h4-5,7,14H,6,8-13H2,1-3H3,(H3,18,20,21). The van der Waals surface area contributed by atoms with E-state index in [4.69, 9.17) is 5.73 Å². The van der Waals surface area contributed by atoms with Gasteiger partial charge in [-0.25, -0.2) is 9.98 Å². The van der Waals surface area contributed by atoms with Crippen LogP contribution in [0.3, 0.4) is 0 Å². The highest BCUT2D eigenvalue weighted by molar-refractivity contribution is 5.77. The summed E-state index contributed by atoms with van der Waals surface area (Å²) in [6, 6.07) is 4.05. The third-order valence-electron chi connectivity index (χ3n) is 4.12. The number of likely N-dealkylation sites (N-methyl/N-ethyl adjacent to an activating group) is 1. The Kier molecular flexibility index (Phi) is 6.65. The fourth-order valence-corrected chi connectivity index (χ4v) is 2.57. The van der Waals surface area contributed by atoms with E-state index in [-0.39, 0.29) is 0 Å². The summed E-state index contributed by atoms with van der Waals surface area (Å²) in [5, 5.41) is 3.18. The highest BCUT2D eigenvalue weighted by Crippen LogP contribution is 2.19. The van der Waals surface area contributed by atoms with E-state index in [2.05, 4.69) is 52.1 Å². The van der Waals surface area contributed by atoms with Crippen LogP contribution in [0.4, 0.5) is 5.82 Å². The predicted octanol–water partition coefficient (Wildman–Crippen LogP) is 1.28. The molecule has 1 saturated heterocycles. The van der Waals surface area contributed by atoms with Crippen molar-refractivity contribution in [1.29, 1.82) is 0 Å². The molecule has 2 rings (SSSR count). The fraction of sp³-hybridized carbons (Fsp3) is 0.647. The molecule has 1 aromatic rings. The van der Waals surface area contributed by atoms with Crippen molar-refractivity contribution in [3.05, 3.63) is 23.9 Å². The monoisotopic (exact) mass is 318 g/mol. The van der Waals surface area contributed by atoms with Crippen molar-refractivity contribution in [1.82, 2.24) is 15.2 Å². The Morgan fingerprint density at radius 1 is 1.35 bits per heavy atom. The number of aromatic nitrogens is 1. The molecule has 6 nitrogen and oxygen atoms in total. The summed E-state index contributed by atoms with van der Waals surface area (Å²) in [7, 11) is 2.16. The average Bonchev–Trinajstić information content (AvgIpc) is 2.54. The van der Waals surface area contributed by atoms with E-state index in [1.807, 2.05) is 12.3 Å². The van der Waals surface area contributed by atoms with Gasteiger partial charge in [0.05, 0.1) is 6.54 Å². The first-order valence-electron chi connectivity index (χ1n) is 8.47. The molecular formula is C17H30N6. The first-order valence-corrected chi connectivity index (χ1v) is 8.47. The second kappa shape index (κ2) is 8.72. The lowest BCUT2D eigenvalue weighted by molar-refractivity contribution is 0.312. The van der Waals surface area contributed by atoms with Gasteiger partial charge < -0.3 is 20.9 Å². The van der Waals surface area contributed by atoms with E-state index in [1.54, 1.807) is 0 Å². The minimum atomic E-state index is 0.513. The summed E-state index contributed by atoms with van der Waals surface area (Å²) < 4.78 is 0. The average molecular weight is 318 g/mol. The van der Waals surface area contributed by atoms with Gasteiger partial charge in [0.25, 0.3) is 0 Å². The summed E-state index contributed by atoms with van der Waals surface area (Å²) in [6.45, 7) is 9.98. The number of nitrogens with one attached hydrogen (secondary N) is 1. The maximum absolute atomic E-state index is 5.95. The van der Waals surface area contributed by atoms with Gasteiger partial charge in [-0.1, -0.05) is 19.9 Å². The van der Waals surface area contributed by atoms with Gasteiger partial charge in [-0.3, -0.25) is 0 Å². The predicted molar refractivity (Wildman–Crippen MR) is 96.7 cm³/mol. The highest BCUT2D eigenvalue weighted by atomic mass is 15.3. The third-order valence-corrected chi connectivity index (χ3v) is 4.12. The molecule has 2 heterocycles. The molecule has 0 unspecified atom stereocenters. The number of guanidine groups is 1. The molecule has 23 heavy (non-hydrogen) atoms. The van der Waals surface area contributed by atoms with E-state index in [0.29, 0.717) is 18.4 Å². The first kappa shape index (κ1) is 17.5. The smallest absolute Gasteiger partial charge is 0.188 e. The Morgan fingerprint density at radius 3 is 2.78 bits per heavy atom. The Morgan fingerprint density at radius 2 is 2.09 bits per heavy atom. The third kappa shape index (κ3) is 5.71. The van der Waals surface area contributed by atoms with Crippen LogP contribution in [-0.4, -0.2) is 55.6 Å². The van der Waals surface area contributed by atoms with Crippen LogP contribution in [0, 0.1) is 5.92 Å². The van der Waals surface area contributed by atoms with Gasteiger partial charge in [-0.05, 0) is 25.5 Å². The molecule has 0 aromatic carbocycles. The number of anilines is 1. The molecule has 0 bridgehead atoms. The first-order chi connectivity index (χ1) is 11.1. The summed E-state index contributed by atoms with van der Waals surface area (Å²) in [5.41, 5.74) is 7.08. The summed E-state index contributed by atoms with van der Waals surface area (Å²) in [6.07, 6.45) is 2.95. The zero-order valence-electron chi connectivity index (χ0n) is 14.6. The fourth-order valence-electron chi connectivity index (χ4n) is 2.57. The van der Waals surface area contributed by atoms with Gasteiger partial charge in [-0.15, -0.1) is 0 Å². The largest absolute Gasteiger partial charge is 0.370 e. The van der Waals surface area contributed by atoms with Crippen LogP contribution < -0.4 is 16.0 Å². The van der Waals surface area contributed by atoms with E-state index < -0.39 is 0 Å². The van der Waals surface area contributed by atoms with Crippen LogP contribution in [-0.2, 0) is 6.54 Å². The van der Waals surface area contributed by atoms with Crippen molar-refractivity contribution in [2.24, 2.45) is 16.6 Å². The molecule has 1 aliphatic rings. The molecular weight excluding hydrogens is 288 g/mol. The van der Waals surface area contributed by atoms with Crippen molar-refractivity contribution in [2.45, 2.75) is 26.8 Å². The van der Waals surface area contributed by atoms with Gasteiger partial charge in [0.2, 0.25) is 0 Å². The van der Waals surface area contributed by atoms with Gasteiger partial charge >= 0.3 is 0 Å². The minimum Gasteiger partial charge on any atom is -0.370 e. The normalized spacial score (nSPS) is 16.9. The Labute approximate surface area is 139 Å².